The van der Waals surface area contributed by atoms with Gasteiger partial charge in [-0.3, -0.25) is 0 Å². The molecule has 1 aromatic carbocycles. The number of nitrogens with zero attached hydrogens (tertiary/aromatic N) is 2. The zero-order chi connectivity index (χ0) is 13.3. The monoisotopic (exact) mass is 246 g/mol. The Kier molecular flexibility index (Phi) is 3.23. The van der Waals surface area contributed by atoms with Crippen molar-refractivity contribution in [2.45, 2.75) is 26.8 Å². The van der Waals surface area contributed by atoms with Gasteiger partial charge in [-0.1, -0.05) is 0 Å². The van der Waals surface area contributed by atoms with Crippen molar-refractivity contribution in [3.8, 4) is 0 Å². The van der Waals surface area contributed by atoms with Gasteiger partial charge in [0.05, 0.1) is 11.0 Å². The average molecular weight is 246 g/mol. The van der Waals surface area contributed by atoms with Crippen LogP contribution in [0.15, 0.2) is 18.2 Å². The Morgan fingerprint density at radius 3 is 2.78 bits per heavy atom. The first kappa shape index (κ1) is 12.4. The molecular weight excluding hydrogens is 228 g/mol. The number of hydrogen-bond acceptors (Lipinski definition) is 2. The molecule has 0 unspecified atom stereocenters. The topological polar surface area (TPSA) is 59.0 Å². The molecule has 2 N–H and O–H groups in total. The van der Waals surface area contributed by atoms with Crippen molar-refractivity contribution >= 4 is 22.8 Å². The normalized spacial score (nSPS) is 10.9. The number of carbonyl (C=O) groups excluding carboxylic acids is 1. The fraction of sp³-hybridized carbons (Fsp3) is 0.385. The summed E-state index contributed by atoms with van der Waals surface area (Å²) in [7, 11) is 1.98. The van der Waals surface area contributed by atoms with Crippen LogP contribution in [0.25, 0.3) is 11.0 Å². The molecule has 0 saturated carbocycles. The molecule has 1 heterocycles. The number of carbonyl (C=O) groups is 1. The van der Waals surface area contributed by atoms with Crippen molar-refractivity contribution < 1.29 is 4.79 Å². The van der Waals surface area contributed by atoms with Gasteiger partial charge in [0.15, 0.2) is 0 Å². The van der Waals surface area contributed by atoms with Gasteiger partial charge in [0.1, 0.15) is 5.82 Å². The third kappa shape index (κ3) is 2.45. The highest BCUT2D eigenvalue weighted by Gasteiger charge is 2.07. The molecule has 2 rings (SSSR count). The number of imidazole rings is 1. The lowest BCUT2D eigenvalue weighted by molar-refractivity contribution is 0.250. The molecule has 1 aromatic heterocycles. The van der Waals surface area contributed by atoms with Crippen molar-refractivity contribution in [2.75, 3.05) is 5.32 Å². The summed E-state index contributed by atoms with van der Waals surface area (Å²) in [6.45, 7) is 5.80. The quantitative estimate of drug-likeness (QED) is 0.855. The van der Waals surface area contributed by atoms with Crippen LogP contribution in [0, 0.1) is 6.92 Å². The van der Waals surface area contributed by atoms with Crippen LogP contribution in [0.5, 0.6) is 0 Å². The van der Waals surface area contributed by atoms with Gasteiger partial charge in [-0.05, 0) is 39.0 Å². The second-order valence-electron chi connectivity index (χ2n) is 4.67. The summed E-state index contributed by atoms with van der Waals surface area (Å²) in [6, 6.07) is 5.63. The van der Waals surface area contributed by atoms with Crippen LogP contribution in [0.2, 0.25) is 0 Å². The third-order valence-corrected chi connectivity index (χ3v) is 2.78. The Labute approximate surface area is 106 Å². The Morgan fingerprint density at radius 1 is 1.39 bits per heavy atom. The van der Waals surface area contributed by atoms with E-state index in [0.29, 0.717) is 0 Å². The van der Waals surface area contributed by atoms with E-state index in [1.807, 2.05) is 50.6 Å². The third-order valence-electron chi connectivity index (χ3n) is 2.78. The molecule has 0 aliphatic carbocycles. The van der Waals surface area contributed by atoms with Crippen LogP contribution >= 0.6 is 0 Å². The molecule has 96 valence electrons. The van der Waals surface area contributed by atoms with Crippen molar-refractivity contribution in [2.24, 2.45) is 7.05 Å². The second-order valence-corrected chi connectivity index (χ2v) is 4.67. The molecular formula is C13H18N4O. The number of fused-ring (bicyclic) bond motifs is 1. The standard InChI is InChI=1S/C13H18N4O/c1-8(2)14-13(18)16-10-5-6-12-11(7-10)15-9(3)17(12)4/h5-8H,1-4H3,(H2,14,16,18). The summed E-state index contributed by atoms with van der Waals surface area (Å²) in [5.41, 5.74) is 2.69. The van der Waals surface area contributed by atoms with Crippen molar-refractivity contribution in [1.29, 1.82) is 0 Å². The van der Waals surface area contributed by atoms with E-state index in [1.54, 1.807) is 0 Å². The van der Waals surface area contributed by atoms with Gasteiger partial charge >= 0.3 is 6.03 Å². The SMILES string of the molecule is Cc1nc2cc(NC(=O)NC(C)C)ccc2n1C. The lowest BCUT2D eigenvalue weighted by atomic mass is 10.2. The number of urea groups is 1. The number of hydrogen-bond donors (Lipinski definition) is 2. The fourth-order valence-electron chi connectivity index (χ4n) is 1.83. The van der Waals surface area contributed by atoms with E-state index in [4.69, 9.17) is 0 Å². The first-order valence-corrected chi connectivity index (χ1v) is 5.98. The van der Waals surface area contributed by atoms with Gasteiger partial charge in [-0.2, -0.15) is 0 Å². The summed E-state index contributed by atoms with van der Waals surface area (Å²) >= 11 is 0. The van der Waals surface area contributed by atoms with Gasteiger partial charge in [0.25, 0.3) is 0 Å². The molecule has 0 radical (unpaired) electrons. The van der Waals surface area contributed by atoms with Gasteiger partial charge in [-0.25, -0.2) is 9.78 Å². The van der Waals surface area contributed by atoms with E-state index in [-0.39, 0.29) is 12.1 Å². The van der Waals surface area contributed by atoms with Crippen molar-refractivity contribution in [3.05, 3.63) is 24.0 Å². The lowest BCUT2D eigenvalue weighted by Crippen LogP contribution is -2.34. The van der Waals surface area contributed by atoms with Crippen molar-refractivity contribution in [3.63, 3.8) is 0 Å². The number of benzene rings is 1. The number of aromatic nitrogens is 2. The van der Waals surface area contributed by atoms with E-state index in [1.165, 1.54) is 0 Å². The zero-order valence-electron chi connectivity index (χ0n) is 11.1. The molecule has 0 aliphatic heterocycles. The first-order valence-electron chi connectivity index (χ1n) is 5.98. The Morgan fingerprint density at radius 2 is 2.11 bits per heavy atom. The maximum absolute atomic E-state index is 11.6. The van der Waals surface area contributed by atoms with E-state index >= 15 is 0 Å². The van der Waals surface area contributed by atoms with E-state index in [2.05, 4.69) is 15.6 Å². The highest BCUT2D eigenvalue weighted by atomic mass is 16.2. The van der Waals surface area contributed by atoms with Gasteiger partial charge < -0.3 is 15.2 Å². The number of anilines is 1. The fourth-order valence-corrected chi connectivity index (χ4v) is 1.83. The number of aryl methyl sites for hydroxylation is 2. The van der Waals surface area contributed by atoms with Crippen molar-refractivity contribution in [1.82, 2.24) is 14.9 Å². The molecule has 0 bridgehead atoms. The highest BCUT2D eigenvalue weighted by molar-refractivity contribution is 5.92. The molecule has 0 spiro atoms. The summed E-state index contributed by atoms with van der Waals surface area (Å²) < 4.78 is 2.02. The summed E-state index contributed by atoms with van der Waals surface area (Å²) in [4.78, 5) is 16.0. The van der Waals surface area contributed by atoms with Gasteiger partial charge in [-0.15, -0.1) is 0 Å². The molecule has 0 atom stereocenters. The molecule has 18 heavy (non-hydrogen) atoms. The minimum Gasteiger partial charge on any atom is -0.336 e. The number of amides is 2. The highest BCUT2D eigenvalue weighted by Crippen LogP contribution is 2.19. The number of rotatable bonds is 2. The molecule has 5 heteroatoms. The van der Waals surface area contributed by atoms with Crippen LogP contribution < -0.4 is 10.6 Å². The van der Waals surface area contributed by atoms with Crippen LogP contribution in [0.3, 0.4) is 0 Å². The number of nitrogens with one attached hydrogen (secondary N) is 2. The summed E-state index contributed by atoms with van der Waals surface area (Å²) in [6.07, 6.45) is 0. The summed E-state index contributed by atoms with van der Waals surface area (Å²) in [5, 5.41) is 5.58. The zero-order valence-corrected chi connectivity index (χ0v) is 11.1. The molecule has 2 amide bonds. The van der Waals surface area contributed by atoms with Crippen LogP contribution in [-0.2, 0) is 7.05 Å². The lowest BCUT2D eigenvalue weighted by Gasteiger charge is -2.10. The molecule has 0 fully saturated rings. The Bertz CT molecular complexity index is 586. The average Bonchev–Trinajstić information content (AvgIpc) is 2.53. The van der Waals surface area contributed by atoms with Crippen LogP contribution in [0.1, 0.15) is 19.7 Å². The predicted molar refractivity (Wildman–Crippen MR) is 72.7 cm³/mol. The van der Waals surface area contributed by atoms with E-state index in [9.17, 15) is 4.79 Å². The van der Waals surface area contributed by atoms with E-state index in [0.717, 1.165) is 22.5 Å². The first-order chi connectivity index (χ1) is 8.47. The Balaban J connectivity index is 2.23. The maximum Gasteiger partial charge on any atom is 0.319 e. The predicted octanol–water partition coefficient (Wildman–Crippen LogP) is 2.41. The minimum atomic E-state index is -0.197. The Hall–Kier alpha value is -2.04. The summed E-state index contributed by atoms with van der Waals surface area (Å²) in [5.74, 6) is 0.953. The van der Waals surface area contributed by atoms with Crippen LogP contribution in [0.4, 0.5) is 10.5 Å². The van der Waals surface area contributed by atoms with Gasteiger partial charge in [0, 0.05) is 18.8 Å². The van der Waals surface area contributed by atoms with E-state index < -0.39 is 0 Å². The molecule has 2 aromatic rings. The largest absolute Gasteiger partial charge is 0.336 e. The smallest absolute Gasteiger partial charge is 0.319 e. The second kappa shape index (κ2) is 4.68. The molecule has 5 nitrogen and oxygen atoms in total. The minimum absolute atomic E-state index is 0.117. The maximum atomic E-state index is 11.6. The molecule has 0 saturated heterocycles. The molecule has 0 aliphatic rings. The van der Waals surface area contributed by atoms with Gasteiger partial charge in [0.2, 0.25) is 0 Å². The van der Waals surface area contributed by atoms with Crippen LogP contribution in [-0.4, -0.2) is 21.6 Å².